The Balaban J connectivity index is 1.16. The molecule has 2 atom stereocenters. The number of hydrogen-bond donors (Lipinski definition) is 1. The summed E-state index contributed by atoms with van der Waals surface area (Å²) in [6.07, 6.45) is 23.0. The molecule has 0 spiro atoms. The Bertz CT molecular complexity index is 1170. The molecule has 0 bridgehead atoms. The number of carbonyl (C=O) groups excluding carboxylic acids is 1. The number of esters is 1. The van der Waals surface area contributed by atoms with Crippen LogP contribution in [0.2, 0.25) is 0 Å². The summed E-state index contributed by atoms with van der Waals surface area (Å²) >= 11 is 0. The summed E-state index contributed by atoms with van der Waals surface area (Å²) in [6.45, 7) is 8.14. The fraction of sp³-hybridized carbons (Fsp3) is 0.615. The Morgan fingerprint density at radius 3 is 2.45 bits per heavy atom. The Morgan fingerprint density at radius 2 is 1.74 bits per heavy atom. The average Bonchev–Trinajstić information content (AvgIpc) is 3.03. The minimum Gasteiger partial charge on any atom is -0.462 e. The van der Waals surface area contributed by atoms with Gasteiger partial charge in [-0.3, -0.25) is 0 Å². The number of aliphatic hydroxyl groups is 1. The van der Waals surface area contributed by atoms with Gasteiger partial charge in [-0.1, -0.05) is 108 Å². The Kier molecular flexibility index (Phi) is 13.2. The van der Waals surface area contributed by atoms with Crippen molar-refractivity contribution < 1.29 is 14.6 Å². The molecular weight excluding hydrogens is 516 g/mol. The quantitative estimate of drug-likeness (QED) is 0.124. The minimum atomic E-state index is -0.464. The van der Waals surface area contributed by atoms with Gasteiger partial charge < -0.3 is 9.84 Å². The Morgan fingerprint density at radius 1 is 0.952 bits per heavy atom. The van der Waals surface area contributed by atoms with Crippen molar-refractivity contribution in [2.45, 2.75) is 117 Å². The average molecular weight is 573 g/mol. The molecule has 1 fully saturated rings. The van der Waals surface area contributed by atoms with E-state index in [0.29, 0.717) is 12.5 Å². The maximum Gasteiger partial charge on any atom is 0.335 e. The lowest BCUT2D eigenvalue weighted by Crippen LogP contribution is -2.23. The SMILES string of the molecule is C=C(CO)C(=O)OCCC(CC)CCCC1CCC(C2CC=C(c3ccc4cc(CCCCC)ccc4c3)CC2)CC1. The number of aryl methyl sites for hydroxylation is 1. The van der Waals surface area contributed by atoms with E-state index in [2.05, 4.69) is 62.9 Å². The maximum atomic E-state index is 11.7. The van der Waals surface area contributed by atoms with Crippen LogP contribution in [0.25, 0.3) is 16.3 Å². The first-order valence-corrected chi connectivity index (χ1v) is 17.2. The fourth-order valence-corrected chi connectivity index (χ4v) is 7.46. The zero-order valence-electron chi connectivity index (χ0n) is 26.5. The Labute approximate surface area is 255 Å². The molecule has 0 radical (unpaired) electrons. The number of rotatable bonds is 16. The standard InChI is InChI=1S/C39H56O3/c1-4-6-7-9-32-14-17-38-27-37(23-22-36(38)26-32)35-20-18-34(19-21-35)33-15-12-31(13-16-33)11-8-10-30(5-2)24-25-42-39(41)29(3)28-40/h14,17,20,22-23,26-27,30-31,33-34,40H,3-13,15-16,18-19,21,24-25,28H2,1-2H3. The van der Waals surface area contributed by atoms with Gasteiger partial charge in [-0.25, -0.2) is 4.79 Å². The number of unbranched alkanes of at least 4 members (excludes halogenated alkanes) is 2. The number of allylic oxidation sites excluding steroid dienone is 2. The zero-order valence-corrected chi connectivity index (χ0v) is 26.5. The van der Waals surface area contributed by atoms with Crippen LogP contribution >= 0.6 is 0 Å². The van der Waals surface area contributed by atoms with Crippen LogP contribution in [-0.4, -0.2) is 24.3 Å². The predicted octanol–water partition coefficient (Wildman–Crippen LogP) is 10.2. The van der Waals surface area contributed by atoms with Crippen LogP contribution in [0.5, 0.6) is 0 Å². The number of aliphatic hydroxyl groups excluding tert-OH is 1. The van der Waals surface area contributed by atoms with E-state index < -0.39 is 5.97 Å². The fourth-order valence-electron chi connectivity index (χ4n) is 7.46. The molecule has 230 valence electrons. The van der Waals surface area contributed by atoms with Crippen LogP contribution in [0.3, 0.4) is 0 Å². The van der Waals surface area contributed by atoms with E-state index in [1.165, 1.54) is 112 Å². The molecule has 0 aliphatic heterocycles. The van der Waals surface area contributed by atoms with Gasteiger partial charge in [0.1, 0.15) is 0 Å². The first kappa shape index (κ1) is 32.5. The molecule has 2 aliphatic rings. The molecule has 2 aromatic carbocycles. The van der Waals surface area contributed by atoms with Crippen LogP contribution in [-0.2, 0) is 16.0 Å². The van der Waals surface area contributed by atoms with E-state index in [4.69, 9.17) is 9.84 Å². The van der Waals surface area contributed by atoms with Gasteiger partial charge in [-0.2, -0.15) is 0 Å². The summed E-state index contributed by atoms with van der Waals surface area (Å²) in [5.74, 6) is 2.82. The molecule has 1 saturated carbocycles. The van der Waals surface area contributed by atoms with Gasteiger partial charge >= 0.3 is 5.97 Å². The highest BCUT2D eigenvalue weighted by Crippen LogP contribution is 2.42. The van der Waals surface area contributed by atoms with Crippen molar-refractivity contribution in [3.63, 3.8) is 0 Å². The van der Waals surface area contributed by atoms with Crippen LogP contribution in [0, 0.1) is 23.7 Å². The summed E-state index contributed by atoms with van der Waals surface area (Å²) in [6, 6.07) is 14.2. The first-order valence-electron chi connectivity index (χ1n) is 17.2. The first-order chi connectivity index (χ1) is 20.5. The van der Waals surface area contributed by atoms with E-state index in [-0.39, 0.29) is 12.2 Å². The molecule has 2 unspecified atom stereocenters. The van der Waals surface area contributed by atoms with Gasteiger partial charge in [0.25, 0.3) is 0 Å². The minimum absolute atomic E-state index is 0.139. The van der Waals surface area contributed by atoms with E-state index in [1.54, 1.807) is 5.57 Å². The highest BCUT2D eigenvalue weighted by molar-refractivity contribution is 5.88. The topological polar surface area (TPSA) is 46.5 Å². The largest absolute Gasteiger partial charge is 0.462 e. The van der Waals surface area contributed by atoms with Gasteiger partial charge in [-0.05, 0) is 109 Å². The number of benzene rings is 2. The monoisotopic (exact) mass is 572 g/mol. The third-order valence-electron chi connectivity index (χ3n) is 10.4. The van der Waals surface area contributed by atoms with E-state index in [1.807, 2.05) is 0 Å². The Hall–Kier alpha value is -2.39. The third-order valence-corrected chi connectivity index (χ3v) is 10.4. The maximum absolute atomic E-state index is 11.7. The van der Waals surface area contributed by atoms with Crippen LogP contribution < -0.4 is 0 Å². The second-order valence-corrected chi connectivity index (χ2v) is 13.3. The molecule has 2 aromatic rings. The lowest BCUT2D eigenvalue weighted by Gasteiger charge is -2.35. The molecule has 3 heteroatoms. The number of hydrogen-bond acceptors (Lipinski definition) is 3. The number of carbonyl (C=O) groups is 1. The lowest BCUT2D eigenvalue weighted by molar-refractivity contribution is -0.139. The van der Waals surface area contributed by atoms with E-state index >= 15 is 0 Å². The van der Waals surface area contributed by atoms with Crippen molar-refractivity contribution >= 4 is 22.3 Å². The van der Waals surface area contributed by atoms with Gasteiger partial charge in [0, 0.05) is 0 Å². The third kappa shape index (κ3) is 9.56. The van der Waals surface area contributed by atoms with Crippen molar-refractivity contribution in [1.82, 2.24) is 0 Å². The number of fused-ring (bicyclic) bond motifs is 1. The highest BCUT2D eigenvalue weighted by atomic mass is 16.5. The smallest absolute Gasteiger partial charge is 0.335 e. The molecule has 0 aromatic heterocycles. The van der Waals surface area contributed by atoms with Gasteiger partial charge in [0.2, 0.25) is 0 Å². The normalized spacial score (nSPS) is 21.6. The molecular formula is C39H56O3. The van der Waals surface area contributed by atoms with Gasteiger partial charge in [0.15, 0.2) is 0 Å². The van der Waals surface area contributed by atoms with Crippen molar-refractivity contribution in [1.29, 1.82) is 0 Å². The number of ether oxygens (including phenoxy) is 1. The van der Waals surface area contributed by atoms with E-state index in [9.17, 15) is 4.79 Å². The molecule has 4 rings (SSSR count). The summed E-state index contributed by atoms with van der Waals surface area (Å²) in [5.41, 5.74) is 4.61. The summed E-state index contributed by atoms with van der Waals surface area (Å²) in [5, 5.41) is 11.8. The summed E-state index contributed by atoms with van der Waals surface area (Å²) < 4.78 is 5.26. The van der Waals surface area contributed by atoms with E-state index in [0.717, 1.165) is 30.6 Å². The van der Waals surface area contributed by atoms with Gasteiger partial charge in [-0.15, -0.1) is 0 Å². The molecule has 2 aliphatic carbocycles. The molecule has 0 amide bonds. The molecule has 1 N–H and O–H groups in total. The van der Waals surface area contributed by atoms with Gasteiger partial charge in [0.05, 0.1) is 18.8 Å². The van der Waals surface area contributed by atoms with Crippen molar-refractivity contribution in [3.8, 4) is 0 Å². The van der Waals surface area contributed by atoms with Crippen LogP contribution in [0.4, 0.5) is 0 Å². The lowest BCUT2D eigenvalue weighted by atomic mass is 9.70. The summed E-state index contributed by atoms with van der Waals surface area (Å²) in [4.78, 5) is 11.7. The molecule has 0 saturated heterocycles. The van der Waals surface area contributed by atoms with Crippen molar-refractivity contribution in [2.75, 3.05) is 13.2 Å². The zero-order chi connectivity index (χ0) is 29.7. The predicted molar refractivity (Wildman–Crippen MR) is 177 cm³/mol. The molecule has 42 heavy (non-hydrogen) atoms. The molecule has 0 heterocycles. The van der Waals surface area contributed by atoms with Crippen LogP contribution in [0.15, 0.2) is 54.6 Å². The van der Waals surface area contributed by atoms with Crippen molar-refractivity contribution in [2.24, 2.45) is 23.7 Å². The molecule has 3 nitrogen and oxygen atoms in total. The highest BCUT2D eigenvalue weighted by Gasteiger charge is 2.29. The van der Waals surface area contributed by atoms with Crippen LogP contribution in [0.1, 0.15) is 121 Å². The second kappa shape index (κ2) is 17.0. The summed E-state index contributed by atoms with van der Waals surface area (Å²) in [7, 11) is 0. The van der Waals surface area contributed by atoms with Crippen molar-refractivity contribution in [3.05, 3.63) is 65.8 Å². The second-order valence-electron chi connectivity index (χ2n) is 13.3.